The van der Waals surface area contributed by atoms with Crippen LogP contribution in [0.15, 0.2) is 33.3 Å². The highest BCUT2D eigenvalue weighted by Crippen LogP contribution is 2.23. The van der Waals surface area contributed by atoms with E-state index in [1.54, 1.807) is 0 Å². The van der Waals surface area contributed by atoms with Crippen molar-refractivity contribution in [1.29, 1.82) is 0 Å². The molecule has 4 rings (SSSR count). The molecule has 0 radical (unpaired) electrons. The molecule has 1 atom stereocenters. The molecule has 0 bridgehead atoms. The molecule has 1 aromatic carbocycles. The van der Waals surface area contributed by atoms with Crippen LogP contribution in [0.5, 0.6) is 0 Å². The van der Waals surface area contributed by atoms with Gasteiger partial charge in [0.1, 0.15) is 5.69 Å². The van der Waals surface area contributed by atoms with Gasteiger partial charge in [0, 0.05) is 5.39 Å². The van der Waals surface area contributed by atoms with Crippen LogP contribution in [0.2, 0.25) is 0 Å². The van der Waals surface area contributed by atoms with Crippen LogP contribution in [0.3, 0.4) is 0 Å². The summed E-state index contributed by atoms with van der Waals surface area (Å²) in [6.07, 6.45) is 2.71. The second kappa shape index (κ2) is 4.72. The summed E-state index contributed by atoms with van der Waals surface area (Å²) in [6.45, 7) is 1.02. The normalized spacial score (nSPS) is 18.9. The van der Waals surface area contributed by atoms with Crippen LogP contribution in [0.1, 0.15) is 36.3 Å². The minimum absolute atomic E-state index is 0.224. The summed E-state index contributed by atoms with van der Waals surface area (Å²) in [5.74, 6) is 1.32. The van der Waals surface area contributed by atoms with E-state index in [4.69, 9.17) is 9.05 Å². The van der Waals surface area contributed by atoms with E-state index in [0.29, 0.717) is 12.3 Å². The number of benzene rings is 1. The second-order valence-corrected chi connectivity index (χ2v) is 5.00. The monoisotopic (exact) mass is 270 g/mol. The van der Waals surface area contributed by atoms with Crippen molar-refractivity contribution in [1.82, 2.24) is 20.6 Å². The molecule has 2 aromatic heterocycles. The van der Waals surface area contributed by atoms with Gasteiger partial charge in [-0.15, -0.1) is 0 Å². The van der Waals surface area contributed by atoms with Crippen LogP contribution in [-0.2, 0) is 6.42 Å². The van der Waals surface area contributed by atoms with Gasteiger partial charge in [-0.2, -0.15) is 4.98 Å². The van der Waals surface area contributed by atoms with Crippen molar-refractivity contribution in [2.75, 3.05) is 6.54 Å². The maximum Gasteiger partial charge on any atom is 0.232 e. The standard InChI is InChI=1S/C14H14N4O2/c1-2-6-12-9(4-1)11(17-19-12)8-13-16-14(18-20-13)10-5-3-7-15-10/h1-2,4,6,10,15H,3,5,7-8H2. The number of nitrogens with one attached hydrogen (secondary N) is 1. The summed E-state index contributed by atoms with van der Waals surface area (Å²) >= 11 is 0. The minimum atomic E-state index is 0.224. The maximum absolute atomic E-state index is 5.32. The van der Waals surface area contributed by atoms with E-state index in [0.717, 1.165) is 41.9 Å². The summed E-state index contributed by atoms with van der Waals surface area (Å²) in [5.41, 5.74) is 1.61. The van der Waals surface area contributed by atoms with Crippen molar-refractivity contribution >= 4 is 11.0 Å². The molecule has 6 heteroatoms. The lowest BCUT2D eigenvalue weighted by atomic mass is 10.2. The number of nitrogens with zero attached hydrogens (tertiary/aromatic N) is 3. The molecule has 0 amide bonds. The highest BCUT2D eigenvalue weighted by molar-refractivity contribution is 5.79. The number of rotatable bonds is 3. The molecule has 1 aliphatic rings. The van der Waals surface area contributed by atoms with Gasteiger partial charge >= 0.3 is 0 Å². The van der Waals surface area contributed by atoms with Crippen molar-refractivity contribution in [3.05, 3.63) is 41.7 Å². The Bertz CT molecular complexity index is 727. The molecule has 0 saturated carbocycles. The Morgan fingerprint density at radius 1 is 1.20 bits per heavy atom. The zero-order valence-corrected chi connectivity index (χ0v) is 10.9. The van der Waals surface area contributed by atoms with E-state index < -0.39 is 0 Å². The predicted molar refractivity (Wildman–Crippen MR) is 71.1 cm³/mol. The molecule has 3 aromatic rings. The number of hydrogen-bond acceptors (Lipinski definition) is 6. The van der Waals surface area contributed by atoms with Crippen molar-refractivity contribution < 1.29 is 9.05 Å². The van der Waals surface area contributed by atoms with E-state index >= 15 is 0 Å². The molecule has 0 spiro atoms. The van der Waals surface area contributed by atoms with Gasteiger partial charge in [-0.25, -0.2) is 0 Å². The summed E-state index contributed by atoms with van der Waals surface area (Å²) in [6, 6.07) is 7.99. The summed E-state index contributed by atoms with van der Waals surface area (Å²) in [4.78, 5) is 4.45. The van der Waals surface area contributed by atoms with Gasteiger partial charge in [-0.1, -0.05) is 22.4 Å². The lowest BCUT2D eigenvalue weighted by Gasteiger charge is -2.01. The molecule has 1 fully saturated rings. The van der Waals surface area contributed by atoms with Gasteiger partial charge in [0.25, 0.3) is 0 Å². The molecular weight excluding hydrogens is 256 g/mol. The molecule has 1 saturated heterocycles. The largest absolute Gasteiger partial charge is 0.356 e. The Morgan fingerprint density at radius 3 is 3.05 bits per heavy atom. The topological polar surface area (TPSA) is 77.0 Å². The molecule has 6 nitrogen and oxygen atoms in total. The Kier molecular flexibility index (Phi) is 2.74. The van der Waals surface area contributed by atoms with Crippen LogP contribution in [0.4, 0.5) is 0 Å². The molecule has 20 heavy (non-hydrogen) atoms. The summed E-state index contributed by atoms with van der Waals surface area (Å²) in [5, 5.41) is 12.5. The average molecular weight is 270 g/mol. The summed E-state index contributed by atoms with van der Waals surface area (Å²) in [7, 11) is 0. The van der Waals surface area contributed by atoms with E-state index in [1.807, 2.05) is 24.3 Å². The van der Waals surface area contributed by atoms with Crippen molar-refractivity contribution in [3.8, 4) is 0 Å². The summed E-state index contributed by atoms with van der Waals surface area (Å²) < 4.78 is 10.6. The minimum Gasteiger partial charge on any atom is -0.356 e. The highest BCUT2D eigenvalue weighted by Gasteiger charge is 2.22. The van der Waals surface area contributed by atoms with Crippen molar-refractivity contribution in [2.45, 2.75) is 25.3 Å². The van der Waals surface area contributed by atoms with Crippen molar-refractivity contribution in [2.24, 2.45) is 0 Å². The Labute approximate surface area is 115 Å². The maximum atomic E-state index is 5.32. The Hall–Kier alpha value is -2.21. The number of para-hydroxylation sites is 1. The van der Waals surface area contributed by atoms with E-state index in [-0.39, 0.29) is 6.04 Å². The van der Waals surface area contributed by atoms with Gasteiger partial charge in [-0.05, 0) is 31.5 Å². The molecule has 1 N–H and O–H groups in total. The van der Waals surface area contributed by atoms with Gasteiger partial charge in [0.2, 0.25) is 5.89 Å². The number of fused-ring (bicyclic) bond motifs is 1. The van der Waals surface area contributed by atoms with Crippen LogP contribution < -0.4 is 5.32 Å². The third-order valence-electron chi connectivity index (χ3n) is 3.63. The fourth-order valence-corrected chi connectivity index (χ4v) is 2.60. The van der Waals surface area contributed by atoms with Crippen LogP contribution >= 0.6 is 0 Å². The van der Waals surface area contributed by atoms with E-state index in [2.05, 4.69) is 20.6 Å². The van der Waals surface area contributed by atoms with Gasteiger partial charge in [0.15, 0.2) is 11.4 Å². The first-order valence-corrected chi connectivity index (χ1v) is 6.79. The third-order valence-corrected chi connectivity index (χ3v) is 3.63. The lowest BCUT2D eigenvalue weighted by Crippen LogP contribution is -2.14. The second-order valence-electron chi connectivity index (χ2n) is 5.00. The highest BCUT2D eigenvalue weighted by atomic mass is 16.5. The molecular formula is C14H14N4O2. The van der Waals surface area contributed by atoms with Gasteiger partial charge in [0.05, 0.1) is 12.5 Å². The fourth-order valence-electron chi connectivity index (χ4n) is 2.60. The fraction of sp³-hybridized carbons (Fsp3) is 0.357. The lowest BCUT2D eigenvalue weighted by molar-refractivity contribution is 0.369. The third kappa shape index (κ3) is 1.98. The molecule has 1 unspecified atom stereocenters. The Morgan fingerprint density at radius 2 is 2.15 bits per heavy atom. The van der Waals surface area contributed by atoms with Gasteiger partial charge < -0.3 is 14.4 Å². The zero-order valence-electron chi connectivity index (χ0n) is 10.9. The average Bonchev–Trinajstić information content (AvgIpc) is 3.19. The number of aromatic nitrogens is 3. The zero-order chi connectivity index (χ0) is 13.4. The van der Waals surface area contributed by atoms with Crippen LogP contribution in [0, 0.1) is 0 Å². The Balaban J connectivity index is 1.59. The first-order valence-electron chi connectivity index (χ1n) is 6.79. The van der Waals surface area contributed by atoms with Crippen molar-refractivity contribution in [3.63, 3.8) is 0 Å². The first-order chi connectivity index (χ1) is 9.90. The van der Waals surface area contributed by atoms with Gasteiger partial charge in [-0.3, -0.25) is 0 Å². The van der Waals surface area contributed by atoms with E-state index in [9.17, 15) is 0 Å². The van der Waals surface area contributed by atoms with Crippen LogP contribution in [0.25, 0.3) is 11.0 Å². The molecule has 0 aliphatic carbocycles. The van der Waals surface area contributed by atoms with Crippen LogP contribution in [-0.4, -0.2) is 21.8 Å². The first kappa shape index (κ1) is 11.6. The number of hydrogen-bond donors (Lipinski definition) is 1. The predicted octanol–water partition coefficient (Wildman–Crippen LogP) is 2.23. The molecule has 102 valence electrons. The molecule has 3 heterocycles. The van der Waals surface area contributed by atoms with E-state index in [1.165, 1.54) is 0 Å². The smallest absolute Gasteiger partial charge is 0.232 e. The molecule has 1 aliphatic heterocycles. The SMILES string of the molecule is c1ccc2c(Cc3nc(C4CCCN4)no3)noc2c1. The quantitative estimate of drug-likeness (QED) is 0.786.